The molecule has 1 N–H and O–H groups in total. The summed E-state index contributed by atoms with van der Waals surface area (Å²) in [6, 6.07) is 0.704. The maximum Gasteiger partial charge on any atom is 0.00900 e. The Labute approximate surface area is 96.3 Å². The second-order valence-corrected chi connectivity index (χ2v) is 5.01. The molecule has 15 heavy (non-hydrogen) atoms. The van der Waals surface area contributed by atoms with E-state index in [2.05, 4.69) is 39.6 Å². The van der Waals surface area contributed by atoms with Crippen LogP contribution in [0.25, 0.3) is 0 Å². The molecule has 0 aliphatic heterocycles. The molecule has 0 heterocycles. The molecule has 0 aromatic heterocycles. The van der Waals surface area contributed by atoms with Crippen molar-refractivity contribution < 1.29 is 0 Å². The molecule has 1 unspecified atom stereocenters. The van der Waals surface area contributed by atoms with E-state index in [0.717, 1.165) is 12.5 Å². The first kappa shape index (κ1) is 14.7. The highest BCUT2D eigenvalue weighted by Gasteiger charge is 2.11. The molecular formula is C14H29N. The van der Waals surface area contributed by atoms with Crippen molar-refractivity contribution in [3.63, 3.8) is 0 Å². The number of rotatable bonds is 9. The van der Waals surface area contributed by atoms with E-state index in [-0.39, 0.29) is 0 Å². The van der Waals surface area contributed by atoms with E-state index >= 15 is 0 Å². The van der Waals surface area contributed by atoms with Crippen molar-refractivity contribution in [2.24, 2.45) is 5.92 Å². The fraction of sp³-hybridized carbons (Fsp3) is 0.857. The molecule has 0 aliphatic carbocycles. The lowest BCUT2D eigenvalue weighted by atomic mass is 9.97. The van der Waals surface area contributed by atoms with E-state index in [1.54, 1.807) is 0 Å². The number of hydrogen-bond acceptors (Lipinski definition) is 1. The minimum Gasteiger partial charge on any atom is -0.314 e. The fourth-order valence-corrected chi connectivity index (χ4v) is 1.79. The molecule has 0 aromatic carbocycles. The third-order valence-electron chi connectivity index (χ3n) is 2.83. The highest BCUT2D eigenvalue weighted by Crippen LogP contribution is 2.13. The van der Waals surface area contributed by atoms with Crippen LogP contribution < -0.4 is 5.32 Å². The Balaban J connectivity index is 3.61. The zero-order chi connectivity index (χ0) is 11.7. The highest BCUT2D eigenvalue weighted by atomic mass is 14.9. The Bertz CT molecular complexity index is 161. The van der Waals surface area contributed by atoms with Crippen LogP contribution in [0.4, 0.5) is 0 Å². The minimum absolute atomic E-state index is 0.704. The minimum atomic E-state index is 0.704. The van der Waals surface area contributed by atoms with Crippen LogP contribution in [0.3, 0.4) is 0 Å². The van der Waals surface area contributed by atoms with Gasteiger partial charge in [0.05, 0.1) is 0 Å². The summed E-state index contributed by atoms with van der Waals surface area (Å²) >= 11 is 0. The lowest BCUT2D eigenvalue weighted by molar-refractivity contribution is 0.367. The molecule has 90 valence electrons. The van der Waals surface area contributed by atoms with Gasteiger partial charge >= 0.3 is 0 Å². The van der Waals surface area contributed by atoms with Crippen LogP contribution in [0.2, 0.25) is 0 Å². The van der Waals surface area contributed by atoms with Gasteiger partial charge in [-0.1, -0.05) is 32.8 Å². The molecular weight excluding hydrogens is 182 g/mol. The topological polar surface area (TPSA) is 12.0 Å². The first-order valence-electron chi connectivity index (χ1n) is 6.45. The van der Waals surface area contributed by atoms with Crippen molar-refractivity contribution in [1.29, 1.82) is 0 Å². The van der Waals surface area contributed by atoms with Crippen LogP contribution in [0.15, 0.2) is 12.2 Å². The van der Waals surface area contributed by atoms with Crippen LogP contribution in [-0.2, 0) is 0 Å². The average Bonchev–Trinajstić information content (AvgIpc) is 2.15. The van der Waals surface area contributed by atoms with Gasteiger partial charge in [0.2, 0.25) is 0 Å². The van der Waals surface area contributed by atoms with Gasteiger partial charge in [0, 0.05) is 6.04 Å². The molecule has 0 rings (SSSR count). The van der Waals surface area contributed by atoms with Crippen molar-refractivity contribution in [2.45, 2.75) is 65.8 Å². The Hall–Kier alpha value is -0.300. The summed E-state index contributed by atoms with van der Waals surface area (Å²) in [6.07, 6.45) is 6.36. The zero-order valence-electron chi connectivity index (χ0n) is 11.1. The van der Waals surface area contributed by atoms with Crippen LogP contribution in [-0.4, -0.2) is 12.6 Å². The van der Waals surface area contributed by atoms with Gasteiger partial charge in [-0.2, -0.15) is 0 Å². The van der Waals surface area contributed by atoms with Crippen molar-refractivity contribution in [2.75, 3.05) is 6.54 Å². The molecule has 0 fully saturated rings. The second kappa shape index (κ2) is 8.96. The molecule has 0 saturated carbocycles. The summed E-state index contributed by atoms with van der Waals surface area (Å²) in [5.74, 6) is 0.751. The Morgan fingerprint density at radius 2 is 1.93 bits per heavy atom. The van der Waals surface area contributed by atoms with Gasteiger partial charge in [0.25, 0.3) is 0 Å². The van der Waals surface area contributed by atoms with E-state index in [0.29, 0.717) is 6.04 Å². The van der Waals surface area contributed by atoms with Crippen molar-refractivity contribution in [3.05, 3.63) is 12.2 Å². The van der Waals surface area contributed by atoms with Gasteiger partial charge in [0.15, 0.2) is 0 Å². The summed E-state index contributed by atoms with van der Waals surface area (Å²) in [5, 5.41) is 3.63. The third-order valence-corrected chi connectivity index (χ3v) is 2.83. The zero-order valence-corrected chi connectivity index (χ0v) is 11.1. The summed E-state index contributed by atoms with van der Waals surface area (Å²) in [4.78, 5) is 0. The molecule has 1 atom stereocenters. The van der Waals surface area contributed by atoms with Crippen LogP contribution in [0, 0.1) is 5.92 Å². The van der Waals surface area contributed by atoms with Crippen molar-refractivity contribution >= 4 is 0 Å². The summed E-state index contributed by atoms with van der Waals surface area (Å²) < 4.78 is 0. The molecule has 0 saturated heterocycles. The fourth-order valence-electron chi connectivity index (χ4n) is 1.79. The Kier molecular flexibility index (Phi) is 8.79. The molecule has 0 aromatic rings. The van der Waals surface area contributed by atoms with E-state index in [1.165, 1.54) is 37.7 Å². The lowest BCUT2D eigenvalue weighted by Crippen LogP contribution is -2.34. The summed E-state index contributed by atoms with van der Waals surface area (Å²) in [5.41, 5.74) is 1.32. The number of unbranched alkanes of at least 4 members (excludes halogenated alkanes) is 1. The first-order chi connectivity index (χ1) is 7.07. The first-order valence-corrected chi connectivity index (χ1v) is 6.45. The number of nitrogens with one attached hydrogen (secondary N) is 1. The Morgan fingerprint density at radius 3 is 2.40 bits per heavy atom. The molecule has 1 heteroatoms. The van der Waals surface area contributed by atoms with Crippen molar-refractivity contribution in [1.82, 2.24) is 5.32 Å². The monoisotopic (exact) mass is 211 g/mol. The maximum atomic E-state index is 3.94. The van der Waals surface area contributed by atoms with Crippen LogP contribution >= 0.6 is 0 Å². The maximum absolute atomic E-state index is 3.94. The van der Waals surface area contributed by atoms with Crippen molar-refractivity contribution in [3.8, 4) is 0 Å². The quantitative estimate of drug-likeness (QED) is 0.446. The summed E-state index contributed by atoms with van der Waals surface area (Å²) in [7, 11) is 0. The van der Waals surface area contributed by atoms with E-state index in [1.807, 2.05) is 0 Å². The van der Waals surface area contributed by atoms with Crippen LogP contribution in [0.5, 0.6) is 0 Å². The molecule has 0 spiro atoms. The van der Waals surface area contributed by atoms with Gasteiger partial charge in [-0.15, -0.1) is 6.58 Å². The summed E-state index contributed by atoms with van der Waals surface area (Å²) in [6.45, 7) is 14.1. The Morgan fingerprint density at radius 1 is 1.27 bits per heavy atom. The predicted molar refractivity (Wildman–Crippen MR) is 70.2 cm³/mol. The highest BCUT2D eigenvalue weighted by molar-refractivity contribution is 4.87. The van der Waals surface area contributed by atoms with E-state index in [9.17, 15) is 0 Å². The lowest BCUT2D eigenvalue weighted by Gasteiger charge is -2.22. The average molecular weight is 211 g/mol. The number of allylic oxidation sites excluding steroid dienone is 1. The predicted octanol–water partition coefficient (Wildman–Crippen LogP) is 4.15. The normalized spacial score (nSPS) is 13.1. The van der Waals surface area contributed by atoms with Gasteiger partial charge in [-0.05, 0) is 45.1 Å². The molecule has 1 nitrogen and oxygen atoms in total. The van der Waals surface area contributed by atoms with E-state index < -0.39 is 0 Å². The SMILES string of the molecule is C=C(C)CCCCC(NCCC)C(C)C. The van der Waals surface area contributed by atoms with Gasteiger partial charge in [-0.3, -0.25) is 0 Å². The van der Waals surface area contributed by atoms with Gasteiger partial charge < -0.3 is 5.32 Å². The molecule has 0 bridgehead atoms. The number of hydrogen-bond donors (Lipinski definition) is 1. The molecule has 0 radical (unpaired) electrons. The molecule has 0 aliphatic rings. The second-order valence-electron chi connectivity index (χ2n) is 5.01. The van der Waals surface area contributed by atoms with Crippen LogP contribution in [0.1, 0.15) is 59.8 Å². The molecule has 0 amide bonds. The largest absolute Gasteiger partial charge is 0.314 e. The van der Waals surface area contributed by atoms with Gasteiger partial charge in [0.1, 0.15) is 0 Å². The smallest absolute Gasteiger partial charge is 0.00900 e. The standard InChI is InChI=1S/C14H29N/c1-6-11-15-14(13(4)5)10-8-7-9-12(2)3/h13-15H,2,6-11H2,1,3-5H3. The van der Waals surface area contributed by atoms with E-state index in [4.69, 9.17) is 0 Å². The van der Waals surface area contributed by atoms with Gasteiger partial charge in [-0.25, -0.2) is 0 Å². The third kappa shape index (κ3) is 8.68.